The van der Waals surface area contributed by atoms with Crippen molar-refractivity contribution in [2.75, 3.05) is 5.33 Å². The summed E-state index contributed by atoms with van der Waals surface area (Å²) in [7, 11) is 0. The normalized spacial score (nSPS) is 21.8. The van der Waals surface area contributed by atoms with Gasteiger partial charge in [0, 0.05) is 18.8 Å². The zero-order chi connectivity index (χ0) is 13.1. The highest BCUT2D eigenvalue weighted by molar-refractivity contribution is 9.09. The minimum atomic E-state index is -2.68. The maximum Gasteiger partial charge on any atom is 0.405 e. The van der Waals surface area contributed by atoms with Gasteiger partial charge in [-0.1, -0.05) is 15.9 Å². The maximum absolute atomic E-state index is 13.0. The molecule has 1 aliphatic rings. The third-order valence-corrected chi connectivity index (χ3v) is 3.43. The highest BCUT2D eigenvalue weighted by atomic mass is 79.9. The average molecular weight is 314 g/mol. The van der Waals surface area contributed by atoms with Crippen LogP contribution in [0.5, 0.6) is 0 Å². The molecule has 1 atom stereocenters. The summed E-state index contributed by atoms with van der Waals surface area (Å²) in [6, 6.07) is 0. The number of ether oxygens (including phenoxy) is 1. The van der Waals surface area contributed by atoms with Crippen LogP contribution in [-0.2, 0) is 9.53 Å². The lowest BCUT2D eigenvalue weighted by Crippen LogP contribution is -2.40. The molecule has 1 fully saturated rings. The van der Waals surface area contributed by atoms with Gasteiger partial charge >= 0.3 is 6.09 Å². The molecule has 17 heavy (non-hydrogen) atoms. The standard InChI is InChI=1S/C10H14BrF2NO3/c11-5-7(15)8(17-9(14)16)6-1-3-10(12,13)4-2-6/h6,8H,1-5H2,(H2,14,16)/t8-/m0/s1. The molecule has 0 bridgehead atoms. The monoisotopic (exact) mass is 313 g/mol. The Bertz CT molecular complexity index is 302. The van der Waals surface area contributed by atoms with Gasteiger partial charge in [0.25, 0.3) is 0 Å². The van der Waals surface area contributed by atoms with Crippen LogP contribution in [0.3, 0.4) is 0 Å². The second-order valence-corrected chi connectivity index (χ2v) is 4.71. The van der Waals surface area contributed by atoms with Crippen LogP contribution < -0.4 is 5.73 Å². The average Bonchev–Trinajstić information content (AvgIpc) is 2.25. The van der Waals surface area contributed by atoms with Gasteiger partial charge in [-0.15, -0.1) is 0 Å². The summed E-state index contributed by atoms with van der Waals surface area (Å²) in [5, 5.41) is 0.0117. The van der Waals surface area contributed by atoms with Crippen molar-refractivity contribution in [3.05, 3.63) is 0 Å². The van der Waals surface area contributed by atoms with E-state index in [4.69, 9.17) is 10.5 Å². The summed E-state index contributed by atoms with van der Waals surface area (Å²) in [4.78, 5) is 22.2. The number of hydrogen-bond donors (Lipinski definition) is 1. The van der Waals surface area contributed by atoms with Gasteiger partial charge < -0.3 is 10.5 Å². The van der Waals surface area contributed by atoms with Crippen LogP contribution >= 0.6 is 15.9 Å². The number of carbonyl (C=O) groups is 2. The Labute approximate surface area is 106 Å². The molecule has 0 unspecified atom stereocenters. The lowest BCUT2D eigenvalue weighted by molar-refractivity contribution is -0.130. The predicted octanol–water partition coefficient (Wildman–Crippen LogP) is 2.24. The highest BCUT2D eigenvalue weighted by Gasteiger charge is 2.40. The van der Waals surface area contributed by atoms with Gasteiger partial charge in [0.2, 0.25) is 5.92 Å². The van der Waals surface area contributed by atoms with Crippen molar-refractivity contribution in [2.24, 2.45) is 11.7 Å². The fraction of sp³-hybridized carbons (Fsp3) is 0.800. The van der Waals surface area contributed by atoms with E-state index in [9.17, 15) is 18.4 Å². The predicted molar refractivity (Wildman–Crippen MR) is 60.2 cm³/mol. The van der Waals surface area contributed by atoms with Crippen LogP contribution in [0.4, 0.5) is 13.6 Å². The van der Waals surface area contributed by atoms with E-state index in [0.717, 1.165) is 0 Å². The smallest absolute Gasteiger partial charge is 0.405 e. The molecule has 0 aliphatic heterocycles. The van der Waals surface area contributed by atoms with E-state index in [0.29, 0.717) is 0 Å². The first-order valence-electron chi connectivity index (χ1n) is 5.28. The summed E-state index contributed by atoms with van der Waals surface area (Å²) in [5.41, 5.74) is 4.87. The molecule has 7 heteroatoms. The van der Waals surface area contributed by atoms with Crippen molar-refractivity contribution < 1.29 is 23.1 Å². The Kier molecular flexibility index (Phi) is 4.85. The zero-order valence-electron chi connectivity index (χ0n) is 9.13. The number of rotatable bonds is 4. The molecule has 0 radical (unpaired) electrons. The van der Waals surface area contributed by atoms with Crippen LogP contribution in [0.15, 0.2) is 0 Å². The lowest BCUT2D eigenvalue weighted by Gasteiger charge is -2.32. The number of carbonyl (C=O) groups excluding carboxylic acids is 2. The molecule has 0 aromatic carbocycles. The molecule has 1 amide bonds. The van der Waals surface area contributed by atoms with E-state index in [2.05, 4.69) is 15.9 Å². The van der Waals surface area contributed by atoms with Gasteiger partial charge in [0.05, 0.1) is 5.33 Å². The fourth-order valence-corrected chi connectivity index (χ4v) is 2.31. The van der Waals surface area contributed by atoms with Gasteiger partial charge in [-0.05, 0) is 12.8 Å². The van der Waals surface area contributed by atoms with E-state index in [-0.39, 0.29) is 42.7 Å². The molecule has 0 spiro atoms. The first-order valence-corrected chi connectivity index (χ1v) is 6.40. The van der Waals surface area contributed by atoms with E-state index in [1.807, 2.05) is 0 Å². The molecule has 0 aromatic rings. The van der Waals surface area contributed by atoms with Gasteiger partial charge in [-0.25, -0.2) is 13.6 Å². The Morgan fingerprint density at radius 3 is 2.35 bits per heavy atom. The van der Waals surface area contributed by atoms with Gasteiger partial charge in [-0.2, -0.15) is 0 Å². The van der Waals surface area contributed by atoms with Gasteiger partial charge in [-0.3, -0.25) is 4.79 Å². The molecule has 0 saturated heterocycles. The van der Waals surface area contributed by atoms with Gasteiger partial charge in [0.15, 0.2) is 11.9 Å². The lowest BCUT2D eigenvalue weighted by atomic mass is 9.82. The van der Waals surface area contributed by atoms with Crippen molar-refractivity contribution in [1.29, 1.82) is 0 Å². The second-order valence-electron chi connectivity index (χ2n) is 4.15. The third kappa shape index (κ3) is 4.22. The number of hydrogen-bond acceptors (Lipinski definition) is 3. The van der Waals surface area contributed by atoms with Crippen LogP contribution in [0, 0.1) is 5.92 Å². The number of halogens is 3. The molecular formula is C10H14BrF2NO3. The molecule has 0 heterocycles. The quantitative estimate of drug-likeness (QED) is 0.809. The number of alkyl halides is 3. The van der Waals surface area contributed by atoms with Crippen molar-refractivity contribution in [3.8, 4) is 0 Å². The van der Waals surface area contributed by atoms with Crippen LogP contribution in [0.25, 0.3) is 0 Å². The van der Waals surface area contributed by atoms with Crippen LogP contribution in [-0.4, -0.2) is 29.2 Å². The molecule has 1 aliphatic carbocycles. The summed E-state index contributed by atoms with van der Waals surface area (Å²) >= 11 is 2.96. The summed E-state index contributed by atoms with van der Waals surface area (Å²) in [6.07, 6.45) is -2.32. The molecule has 1 rings (SSSR count). The molecule has 98 valence electrons. The molecule has 0 aromatic heterocycles. The van der Waals surface area contributed by atoms with E-state index >= 15 is 0 Å². The van der Waals surface area contributed by atoms with Crippen LogP contribution in [0.2, 0.25) is 0 Å². The number of ketones is 1. The molecule has 2 N–H and O–H groups in total. The zero-order valence-corrected chi connectivity index (χ0v) is 10.7. The number of amides is 1. The molecule has 1 saturated carbocycles. The van der Waals surface area contributed by atoms with E-state index < -0.39 is 18.1 Å². The minimum absolute atomic E-state index is 0.0117. The second kappa shape index (κ2) is 5.75. The topological polar surface area (TPSA) is 69.4 Å². The third-order valence-electron chi connectivity index (χ3n) is 2.88. The Balaban J connectivity index is 2.65. The minimum Gasteiger partial charge on any atom is -0.438 e. The number of primary amides is 1. The summed E-state index contributed by atoms with van der Waals surface area (Å²) in [6.45, 7) is 0. The first-order chi connectivity index (χ1) is 7.85. The highest BCUT2D eigenvalue weighted by Crippen LogP contribution is 2.38. The van der Waals surface area contributed by atoms with Crippen molar-refractivity contribution in [3.63, 3.8) is 0 Å². The largest absolute Gasteiger partial charge is 0.438 e. The van der Waals surface area contributed by atoms with Crippen molar-refractivity contribution in [2.45, 2.75) is 37.7 Å². The van der Waals surface area contributed by atoms with Crippen molar-refractivity contribution >= 4 is 27.8 Å². The van der Waals surface area contributed by atoms with E-state index in [1.165, 1.54) is 0 Å². The number of Topliss-reactive ketones (excluding diaryl/α,β-unsaturated/α-hetero) is 1. The maximum atomic E-state index is 13.0. The fourth-order valence-electron chi connectivity index (χ4n) is 1.99. The summed E-state index contributed by atoms with van der Waals surface area (Å²) < 4.78 is 30.6. The summed E-state index contributed by atoms with van der Waals surface area (Å²) in [5.74, 6) is -3.39. The Hall–Kier alpha value is -0.720. The Morgan fingerprint density at radius 1 is 1.41 bits per heavy atom. The number of nitrogens with two attached hydrogens (primary N) is 1. The molecule has 4 nitrogen and oxygen atoms in total. The van der Waals surface area contributed by atoms with Gasteiger partial charge in [0.1, 0.15) is 0 Å². The Morgan fingerprint density at radius 2 is 1.94 bits per heavy atom. The van der Waals surface area contributed by atoms with E-state index in [1.54, 1.807) is 0 Å². The SMILES string of the molecule is NC(=O)O[C@H](C(=O)CBr)C1CCC(F)(F)CC1. The first kappa shape index (κ1) is 14.3. The van der Waals surface area contributed by atoms with Crippen LogP contribution in [0.1, 0.15) is 25.7 Å². The van der Waals surface area contributed by atoms with Crippen molar-refractivity contribution in [1.82, 2.24) is 0 Å². The molecular weight excluding hydrogens is 300 g/mol.